The Kier molecular flexibility index (Phi) is 8.41. The van der Waals surface area contributed by atoms with Gasteiger partial charge < -0.3 is 14.2 Å². The Morgan fingerprint density at radius 2 is 1.93 bits per heavy atom. The van der Waals surface area contributed by atoms with Gasteiger partial charge in [-0.15, -0.1) is 0 Å². The molecule has 2 rings (SSSR count). The maximum atomic E-state index is 11.5. The number of rotatable bonds is 10. The minimum Gasteiger partial charge on any atom is -0.490 e. The largest absolute Gasteiger partial charge is 0.490 e. The molecule has 0 fully saturated rings. The van der Waals surface area contributed by atoms with E-state index in [1.165, 1.54) is 12.1 Å². The number of hydrogen-bond acceptors (Lipinski definition) is 8. The molecule has 0 saturated heterocycles. The molecule has 2 aromatic carbocycles. The lowest BCUT2D eigenvalue weighted by Gasteiger charge is -2.14. The van der Waals surface area contributed by atoms with Gasteiger partial charge in [0.15, 0.2) is 18.1 Å². The van der Waals surface area contributed by atoms with Crippen molar-refractivity contribution in [3.63, 3.8) is 0 Å². The smallest absolute Gasteiger partial charge is 0.344 e. The molecule has 0 amide bonds. The number of anilines is 1. The number of halogens is 1. The van der Waals surface area contributed by atoms with Crippen LogP contribution in [0.5, 0.6) is 11.5 Å². The average molecular weight is 466 g/mol. The molecule has 0 saturated carbocycles. The molecule has 1 N–H and O–H groups in total. The van der Waals surface area contributed by atoms with Gasteiger partial charge >= 0.3 is 5.97 Å². The third-order valence-electron chi connectivity index (χ3n) is 3.46. The van der Waals surface area contributed by atoms with Crippen LogP contribution in [0.15, 0.2) is 46.0 Å². The second-order valence-corrected chi connectivity index (χ2v) is 6.39. The van der Waals surface area contributed by atoms with E-state index in [2.05, 4.69) is 26.5 Å². The van der Waals surface area contributed by atoms with E-state index in [1.807, 2.05) is 6.92 Å². The van der Waals surface area contributed by atoms with E-state index in [-0.39, 0.29) is 18.9 Å². The minimum atomic E-state index is -0.472. The number of carbonyl (C=O) groups excluding carboxylic acids is 1. The summed E-state index contributed by atoms with van der Waals surface area (Å²) in [5.41, 5.74) is 4.11. The number of hydrazone groups is 1. The van der Waals surface area contributed by atoms with Gasteiger partial charge in [0, 0.05) is 12.1 Å². The summed E-state index contributed by atoms with van der Waals surface area (Å²) in [6.07, 6.45) is 1.56. The molecule has 29 heavy (non-hydrogen) atoms. The van der Waals surface area contributed by atoms with Crippen LogP contribution in [0.3, 0.4) is 0 Å². The first-order chi connectivity index (χ1) is 13.9. The van der Waals surface area contributed by atoms with E-state index in [0.717, 1.165) is 0 Å². The number of esters is 1. The highest BCUT2D eigenvalue weighted by Crippen LogP contribution is 2.36. The number of carbonyl (C=O) groups is 1. The van der Waals surface area contributed by atoms with Gasteiger partial charge in [-0.3, -0.25) is 15.5 Å². The molecule has 0 aliphatic heterocycles. The van der Waals surface area contributed by atoms with Gasteiger partial charge in [0.2, 0.25) is 0 Å². The molecule has 0 bridgehead atoms. The van der Waals surface area contributed by atoms with Crippen molar-refractivity contribution in [2.45, 2.75) is 13.8 Å². The van der Waals surface area contributed by atoms with Crippen LogP contribution < -0.4 is 14.9 Å². The van der Waals surface area contributed by atoms with E-state index in [0.29, 0.717) is 33.8 Å². The Hall–Kier alpha value is -3.14. The monoisotopic (exact) mass is 465 g/mol. The van der Waals surface area contributed by atoms with Gasteiger partial charge in [0.1, 0.15) is 0 Å². The summed E-state index contributed by atoms with van der Waals surface area (Å²) in [5, 5.41) is 14.8. The van der Waals surface area contributed by atoms with E-state index in [9.17, 15) is 14.9 Å². The Balaban J connectivity index is 2.11. The molecule has 9 nitrogen and oxygen atoms in total. The molecule has 154 valence electrons. The number of nitro benzene ring substituents is 1. The van der Waals surface area contributed by atoms with Gasteiger partial charge in [-0.05, 0) is 59.6 Å². The van der Waals surface area contributed by atoms with Gasteiger partial charge in [-0.2, -0.15) is 5.10 Å². The summed E-state index contributed by atoms with van der Waals surface area (Å²) in [7, 11) is 0. The zero-order chi connectivity index (χ0) is 21.2. The third-order valence-corrected chi connectivity index (χ3v) is 4.05. The van der Waals surface area contributed by atoms with Crippen molar-refractivity contribution >= 4 is 39.5 Å². The minimum absolute atomic E-state index is 0.00298. The fraction of sp³-hybridized carbons (Fsp3) is 0.263. The quantitative estimate of drug-likeness (QED) is 0.242. The molecule has 0 unspecified atom stereocenters. The molecule has 2 aromatic rings. The molecule has 10 heteroatoms. The number of nitrogens with one attached hydrogen (secondary N) is 1. The SMILES string of the molecule is CCOC(=O)COc1c(Br)cc(/C=N/Nc2ccc([N+](=O)[O-])cc2)cc1OCC. The third kappa shape index (κ3) is 6.75. The Bertz CT molecular complexity index is 886. The number of benzene rings is 2. The van der Waals surface area contributed by atoms with Crippen LogP contribution in [-0.2, 0) is 9.53 Å². The molecule has 0 aliphatic carbocycles. The fourth-order valence-corrected chi connectivity index (χ4v) is 2.81. The Labute approximate surface area is 175 Å². The van der Waals surface area contributed by atoms with Crippen LogP contribution in [0.25, 0.3) is 0 Å². The molecule has 0 radical (unpaired) electrons. The van der Waals surface area contributed by atoms with E-state index in [4.69, 9.17) is 14.2 Å². The second-order valence-electron chi connectivity index (χ2n) is 5.53. The first kappa shape index (κ1) is 22.2. The van der Waals surface area contributed by atoms with Crippen LogP contribution >= 0.6 is 15.9 Å². The zero-order valence-electron chi connectivity index (χ0n) is 15.9. The topological polar surface area (TPSA) is 112 Å². The molecule has 0 aliphatic rings. The number of nitrogens with zero attached hydrogens (tertiary/aromatic N) is 2. The van der Waals surface area contributed by atoms with Crippen LogP contribution in [0, 0.1) is 10.1 Å². The van der Waals surface area contributed by atoms with Gasteiger partial charge in [-0.25, -0.2) is 4.79 Å². The lowest BCUT2D eigenvalue weighted by molar-refractivity contribution is -0.384. The van der Waals surface area contributed by atoms with E-state index >= 15 is 0 Å². The maximum Gasteiger partial charge on any atom is 0.344 e. The summed E-state index contributed by atoms with van der Waals surface area (Å²) in [6.45, 7) is 4.00. The van der Waals surface area contributed by atoms with Crippen LogP contribution in [0.4, 0.5) is 11.4 Å². The fourth-order valence-electron chi connectivity index (χ4n) is 2.24. The van der Waals surface area contributed by atoms with Crippen molar-refractivity contribution in [3.8, 4) is 11.5 Å². The van der Waals surface area contributed by atoms with Gasteiger partial charge in [-0.1, -0.05) is 0 Å². The summed E-state index contributed by atoms with van der Waals surface area (Å²) < 4.78 is 16.6. The van der Waals surface area contributed by atoms with E-state index in [1.54, 1.807) is 37.4 Å². The van der Waals surface area contributed by atoms with E-state index < -0.39 is 10.9 Å². The highest BCUT2D eigenvalue weighted by atomic mass is 79.9. The van der Waals surface area contributed by atoms with Crippen molar-refractivity contribution < 1.29 is 23.9 Å². The summed E-state index contributed by atoms with van der Waals surface area (Å²) in [6, 6.07) is 9.36. The second kappa shape index (κ2) is 11.0. The molecular weight excluding hydrogens is 446 g/mol. The van der Waals surface area contributed by atoms with Crippen LogP contribution in [0.1, 0.15) is 19.4 Å². The lowest BCUT2D eigenvalue weighted by Crippen LogP contribution is -2.15. The zero-order valence-corrected chi connectivity index (χ0v) is 17.5. The van der Waals surface area contributed by atoms with Crippen molar-refractivity contribution in [2.75, 3.05) is 25.2 Å². The number of non-ortho nitro benzene ring substituents is 1. The van der Waals surface area contributed by atoms with Gasteiger partial charge in [0.25, 0.3) is 5.69 Å². The first-order valence-electron chi connectivity index (χ1n) is 8.72. The summed E-state index contributed by atoms with van der Waals surface area (Å²) in [5.74, 6) is 0.364. The van der Waals surface area contributed by atoms with Crippen molar-refractivity contribution in [1.82, 2.24) is 0 Å². The Morgan fingerprint density at radius 3 is 2.55 bits per heavy atom. The lowest BCUT2D eigenvalue weighted by atomic mass is 10.2. The Morgan fingerprint density at radius 1 is 1.21 bits per heavy atom. The highest BCUT2D eigenvalue weighted by Gasteiger charge is 2.14. The summed E-state index contributed by atoms with van der Waals surface area (Å²) in [4.78, 5) is 21.7. The highest BCUT2D eigenvalue weighted by molar-refractivity contribution is 9.10. The predicted molar refractivity (Wildman–Crippen MR) is 112 cm³/mol. The standard InChI is InChI=1S/C19H20BrN3O6/c1-3-27-17-10-13(9-16(20)19(17)29-12-18(24)28-4-2)11-21-22-14-5-7-15(8-6-14)23(25)26/h5-11,22H,3-4,12H2,1-2H3/b21-11+. The normalized spacial score (nSPS) is 10.6. The molecule has 0 heterocycles. The number of nitro groups is 1. The van der Waals surface area contributed by atoms with Crippen LogP contribution in [0.2, 0.25) is 0 Å². The number of ether oxygens (including phenoxy) is 3. The maximum absolute atomic E-state index is 11.5. The van der Waals surface area contributed by atoms with Crippen molar-refractivity contribution in [1.29, 1.82) is 0 Å². The predicted octanol–water partition coefficient (Wildman–Crippen LogP) is 4.14. The molecular formula is C19H20BrN3O6. The van der Waals surface area contributed by atoms with Crippen molar-refractivity contribution in [2.24, 2.45) is 5.10 Å². The molecule has 0 aromatic heterocycles. The van der Waals surface area contributed by atoms with Gasteiger partial charge in [0.05, 0.1) is 34.5 Å². The molecule has 0 spiro atoms. The average Bonchev–Trinajstić information content (AvgIpc) is 2.68. The summed E-state index contributed by atoms with van der Waals surface area (Å²) >= 11 is 3.41. The van der Waals surface area contributed by atoms with Crippen molar-refractivity contribution in [3.05, 3.63) is 56.5 Å². The first-order valence-corrected chi connectivity index (χ1v) is 9.52. The number of hydrogen-bond donors (Lipinski definition) is 1. The van der Waals surface area contributed by atoms with Crippen LogP contribution in [-0.4, -0.2) is 36.9 Å². The molecule has 0 atom stereocenters.